The van der Waals surface area contributed by atoms with Crippen LogP contribution in [0.15, 0.2) is 65.8 Å². The molecule has 0 aliphatic carbocycles. The van der Waals surface area contributed by atoms with Crippen molar-refractivity contribution in [3.63, 3.8) is 0 Å². The molecule has 0 aliphatic heterocycles. The Kier molecular flexibility index (Phi) is 5.62. The van der Waals surface area contributed by atoms with Crippen LogP contribution in [0.3, 0.4) is 0 Å². The number of fused-ring (bicyclic) bond motifs is 1. The van der Waals surface area contributed by atoms with E-state index in [1.54, 1.807) is 17.8 Å². The van der Waals surface area contributed by atoms with Crippen LogP contribution in [0.2, 0.25) is 0 Å². The highest BCUT2D eigenvalue weighted by Crippen LogP contribution is 2.31. The first kappa shape index (κ1) is 20.9. The molecule has 5 rings (SSSR count). The number of aromatic carboxylic acids is 1. The molecular formula is C24H20N6O2S. The fourth-order valence-corrected chi connectivity index (χ4v) is 4.48. The second-order valence-electron chi connectivity index (χ2n) is 7.43. The lowest BCUT2D eigenvalue weighted by Gasteiger charge is -2.09. The molecule has 5 aromatic rings. The van der Waals surface area contributed by atoms with E-state index >= 15 is 0 Å². The van der Waals surface area contributed by atoms with E-state index in [4.69, 9.17) is 0 Å². The lowest BCUT2D eigenvalue weighted by molar-refractivity contribution is 0.0699. The lowest BCUT2D eigenvalue weighted by Crippen LogP contribution is -1.99. The number of tetrazole rings is 1. The number of thioether (sulfide) groups is 1. The second kappa shape index (κ2) is 8.87. The summed E-state index contributed by atoms with van der Waals surface area (Å²) in [5, 5.41) is 24.7. The zero-order valence-corrected chi connectivity index (χ0v) is 18.6. The molecule has 0 spiro atoms. The molecule has 0 unspecified atom stereocenters. The number of aromatic nitrogens is 6. The molecule has 9 heteroatoms. The molecule has 2 aromatic heterocycles. The largest absolute Gasteiger partial charge is 0.478 e. The Hall–Kier alpha value is -3.98. The topological polar surface area (TPSA) is 120 Å². The number of imidazole rings is 1. The van der Waals surface area contributed by atoms with Gasteiger partial charge in [0.1, 0.15) is 0 Å². The Balaban J connectivity index is 1.47. The summed E-state index contributed by atoms with van der Waals surface area (Å²) < 4.78 is 0. The van der Waals surface area contributed by atoms with Gasteiger partial charge in [0, 0.05) is 5.56 Å². The van der Waals surface area contributed by atoms with Crippen molar-refractivity contribution in [2.24, 2.45) is 0 Å². The van der Waals surface area contributed by atoms with E-state index < -0.39 is 5.97 Å². The van der Waals surface area contributed by atoms with Gasteiger partial charge in [0.05, 0.1) is 16.6 Å². The molecule has 0 bridgehead atoms. The fraction of sp³-hybridized carbons (Fsp3) is 0.125. The molecule has 0 radical (unpaired) electrons. The maximum Gasteiger partial charge on any atom is 0.337 e. The third-order valence-corrected chi connectivity index (χ3v) is 6.15. The minimum Gasteiger partial charge on any atom is -0.478 e. The zero-order chi connectivity index (χ0) is 22.8. The minimum atomic E-state index is -0.965. The molecule has 33 heavy (non-hydrogen) atoms. The number of nitrogens with zero attached hydrogens (tertiary/aromatic N) is 4. The quantitative estimate of drug-likeness (QED) is 0.301. The van der Waals surface area contributed by atoms with Gasteiger partial charge in [0.25, 0.3) is 0 Å². The van der Waals surface area contributed by atoms with Crippen molar-refractivity contribution in [2.45, 2.75) is 18.5 Å². The number of benzene rings is 3. The van der Waals surface area contributed by atoms with Crippen LogP contribution < -0.4 is 0 Å². The Labute approximate surface area is 193 Å². The number of carboxylic acid groups (broad SMARTS) is 1. The van der Waals surface area contributed by atoms with Gasteiger partial charge in [-0.15, -0.1) is 10.2 Å². The molecule has 3 N–H and O–H groups in total. The predicted octanol–water partition coefficient (Wildman–Crippen LogP) is 4.81. The molecule has 0 aliphatic rings. The van der Waals surface area contributed by atoms with Gasteiger partial charge in [-0.2, -0.15) is 5.21 Å². The van der Waals surface area contributed by atoms with E-state index in [0.29, 0.717) is 23.3 Å². The number of nitrogens with one attached hydrogen (secondary N) is 2. The number of H-pyrrole nitrogens is 2. The van der Waals surface area contributed by atoms with Crippen molar-refractivity contribution >= 4 is 28.8 Å². The Morgan fingerprint density at radius 2 is 1.82 bits per heavy atom. The summed E-state index contributed by atoms with van der Waals surface area (Å²) in [6.45, 7) is 2.04. The summed E-state index contributed by atoms with van der Waals surface area (Å²) in [5.41, 5.74) is 6.57. The van der Waals surface area contributed by atoms with Crippen LogP contribution in [-0.2, 0) is 6.42 Å². The van der Waals surface area contributed by atoms with Crippen LogP contribution in [0, 0.1) is 0 Å². The van der Waals surface area contributed by atoms with E-state index in [9.17, 15) is 9.90 Å². The van der Waals surface area contributed by atoms with Crippen LogP contribution in [0.1, 0.15) is 28.4 Å². The summed E-state index contributed by atoms with van der Waals surface area (Å²) in [6.07, 6.45) is 0.643. The molecule has 3 aromatic carbocycles. The summed E-state index contributed by atoms with van der Waals surface area (Å²) >= 11 is 1.56. The van der Waals surface area contributed by atoms with Gasteiger partial charge in [0.2, 0.25) is 5.82 Å². The van der Waals surface area contributed by atoms with E-state index in [1.165, 1.54) is 0 Å². The summed E-state index contributed by atoms with van der Waals surface area (Å²) in [5.74, 6) is 0.437. The maximum absolute atomic E-state index is 11.7. The van der Waals surface area contributed by atoms with Crippen molar-refractivity contribution in [1.29, 1.82) is 0 Å². The minimum absolute atomic E-state index is 0.234. The van der Waals surface area contributed by atoms with Crippen LogP contribution in [0.5, 0.6) is 0 Å². The second-order valence-corrected chi connectivity index (χ2v) is 8.68. The van der Waals surface area contributed by atoms with E-state index in [2.05, 4.69) is 54.9 Å². The standard InChI is InChI=1S/C24H20N6O2S/c1-2-33-24-25-20-16(11-12-19(23(31)32)21(20)26-24)13-14-7-9-15(10-8-14)17-5-3-4-6-18(17)22-27-29-30-28-22/h3-12H,2,13H2,1H3,(H,25,26)(H,31,32)(H,27,28,29,30). The first-order valence-electron chi connectivity index (χ1n) is 10.4. The van der Waals surface area contributed by atoms with Gasteiger partial charge in [-0.05, 0) is 45.7 Å². The molecule has 2 heterocycles. The van der Waals surface area contributed by atoms with Gasteiger partial charge in [-0.25, -0.2) is 9.78 Å². The van der Waals surface area contributed by atoms with Gasteiger partial charge >= 0.3 is 5.97 Å². The molecule has 0 saturated carbocycles. The van der Waals surface area contributed by atoms with Crippen LogP contribution in [0.4, 0.5) is 0 Å². The molecule has 0 fully saturated rings. The van der Waals surface area contributed by atoms with Crippen molar-refractivity contribution in [1.82, 2.24) is 30.6 Å². The Morgan fingerprint density at radius 1 is 1.03 bits per heavy atom. The highest BCUT2D eigenvalue weighted by molar-refractivity contribution is 7.99. The van der Waals surface area contributed by atoms with E-state index in [0.717, 1.165) is 38.7 Å². The number of carbonyl (C=O) groups is 1. The first-order chi connectivity index (χ1) is 16.1. The lowest BCUT2D eigenvalue weighted by atomic mass is 9.96. The fourth-order valence-electron chi connectivity index (χ4n) is 3.88. The summed E-state index contributed by atoms with van der Waals surface area (Å²) in [6, 6.07) is 19.7. The van der Waals surface area contributed by atoms with Crippen LogP contribution in [-0.4, -0.2) is 47.4 Å². The highest BCUT2D eigenvalue weighted by atomic mass is 32.2. The van der Waals surface area contributed by atoms with Crippen molar-refractivity contribution < 1.29 is 9.90 Å². The number of aromatic amines is 2. The number of carboxylic acids is 1. The van der Waals surface area contributed by atoms with E-state index in [-0.39, 0.29) is 5.56 Å². The maximum atomic E-state index is 11.7. The Bertz CT molecular complexity index is 1430. The normalized spacial score (nSPS) is 11.2. The molecule has 0 saturated heterocycles. The van der Waals surface area contributed by atoms with Crippen LogP contribution >= 0.6 is 11.8 Å². The zero-order valence-electron chi connectivity index (χ0n) is 17.7. The average molecular weight is 457 g/mol. The number of hydrogen-bond acceptors (Lipinski definition) is 6. The third kappa shape index (κ3) is 4.10. The number of hydrogen-bond donors (Lipinski definition) is 3. The molecule has 8 nitrogen and oxygen atoms in total. The van der Waals surface area contributed by atoms with Crippen molar-refractivity contribution in [3.05, 3.63) is 77.4 Å². The highest BCUT2D eigenvalue weighted by Gasteiger charge is 2.16. The number of rotatable bonds is 7. The Morgan fingerprint density at radius 3 is 2.52 bits per heavy atom. The van der Waals surface area contributed by atoms with E-state index in [1.807, 2.05) is 37.3 Å². The van der Waals surface area contributed by atoms with Crippen molar-refractivity contribution in [3.8, 4) is 22.5 Å². The van der Waals surface area contributed by atoms with Gasteiger partial charge in [0.15, 0.2) is 5.16 Å². The molecule has 164 valence electrons. The summed E-state index contributed by atoms with van der Waals surface area (Å²) in [4.78, 5) is 19.5. The van der Waals surface area contributed by atoms with Gasteiger partial charge in [-0.1, -0.05) is 73.3 Å². The van der Waals surface area contributed by atoms with Crippen LogP contribution in [0.25, 0.3) is 33.5 Å². The third-order valence-electron chi connectivity index (χ3n) is 5.39. The van der Waals surface area contributed by atoms with Gasteiger partial charge in [-0.3, -0.25) is 0 Å². The summed E-state index contributed by atoms with van der Waals surface area (Å²) in [7, 11) is 0. The first-order valence-corrected chi connectivity index (χ1v) is 11.4. The van der Waals surface area contributed by atoms with Gasteiger partial charge < -0.3 is 10.1 Å². The smallest absolute Gasteiger partial charge is 0.337 e. The SMILES string of the molecule is CCSc1nc2c(Cc3ccc(-c4ccccc4-c4nn[nH]n4)cc3)ccc(C(=O)O)c2[nH]1. The van der Waals surface area contributed by atoms with Crippen molar-refractivity contribution in [2.75, 3.05) is 5.75 Å². The monoisotopic (exact) mass is 456 g/mol. The molecular weight excluding hydrogens is 436 g/mol. The predicted molar refractivity (Wildman–Crippen MR) is 127 cm³/mol. The molecule has 0 atom stereocenters. The average Bonchev–Trinajstić information content (AvgIpc) is 3.50. The molecule has 0 amide bonds.